The average molecular weight is 310 g/mol. The van der Waals surface area contributed by atoms with Crippen molar-refractivity contribution in [3.63, 3.8) is 0 Å². The summed E-state index contributed by atoms with van der Waals surface area (Å²) >= 11 is 0.958. The first-order chi connectivity index (χ1) is 9.02. The molecule has 1 unspecified atom stereocenters. The lowest BCUT2D eigenvalue weighted by atomic mass is 10.0. The van der Waals surface area contributed by atoms with Gasteiger partial charge in [0.1, 0.15) is 4.88 Å². The molecule has 0 radical (unpaired) electrons. The van der Waals surface area contributed by atoms with E-state index in [9.17, 15) is 22.8 Å². The van der Waals surface area contributed by atoms with Crippen molar-refractivity contribution < 1.29 is 27.5 Å². The van der Waals surface area contributed by atoms with Crippen molar-refractivity contribution in [1.82, 2.24) is 0 Å². The number of carbonyl (C=O) groups excluding carboxylic acids is 2. The Labute approximate surface area is 116 Å². The summed E-state index contributed by atoms with van der Waals surface area (Å²) < 4.78 is 42.5. The number of thiophene rings is 1. The van der Waals surface area contributed by atoms with E-state index < -0.39 is 23.6 Å². The molecule has 0 bridgehead atoms. The third-order valence-electron chi connectivity index (χ3n) is 2.64. The number of hydrogen-bond donors (Lipinski definition) is 2. The highest BCUT2D eigenvalue weighted by molar-refractivity contribution is 7.12. The van der Waals surface area contributed by atoms with E-state index in [0.29, 0.717) is 12.5 Å². The van der Waals surface area contributed by atoms with Crippen molar-refractivity contribution in [2.24, 2.45) is 5.73 Å². The first-order valence-corrected chi connectivity index (χ1v) is 6.23. The van der Waals surface area contributed by atoms with Crippen molar-refractivity contribution in [2.45, 2.75) is 25.6 Å². The van der Waals surface area contributed by atoms with Crippen LogP contribution < -0.4 is 11.1 Å². The minimum Gasteiger partial charge on any atom is -0.465 e. The zero-order chi connectivity index (χ0) is 15.7. The first kappa shape index (κ1) is 16.4. The molecule has 0 fully saturated rings. The van der Waals surface area contributed by atoms with Gasteiger partial charge in [-0.2, -0.15) is 13.2 Å². The van der Waals surface area contributed by atoms with Crippen LogP contribution in [0.2, 0.25) is 0 Å². The summed E-state index contributed by atoms with van der Waals surface area (Å²) in [5, 5.41) is 3.56. The summed E-state index contributed by atoms with van der Waals surface area (Å²) in [4.78, 5) is 23.2. The second-order valence-electron chi connectivity index (χ2n) is 4.27. The molecule has 1 rings (SSSR count). The van der Waals surface area contributed by atoms with E-state index >= 15 is 0 Å². The standard InChI is InChI=1S/C11H13F3N2O3S/c1-5-4-20-7(8(17)19-3)6(5)16-9(18)10(2,15)11(12,13)14/h4H,15H2,1-3H3,(H,16,18). The maximum absolute atomic E-state index is 12.7. The monoisotopic (exact) mass is 310 g/mol. The highest BCUT2D eigenvalue weighted by Gasteiger charge is 2.54. The van der Waals surface area contributed by atoms with Gasteiger partial charge in [0.2, 0.25) is 0 Å². The van der Waals surface area contributed by atoms with Crippen molar-refractivity contribution in [2.75, 3.05) is 12.4 Å². The molecule has 0 aromatic carbocycles. The molecule has 0 aliphatic carbocycles. The fourth-order valence-corrected chi connectivity index (χ4v) is 2.14. The molecule has 9 heteroatoms. The molecule has 3 N–H and O–H groups in total. The minimum absolute atomic E-state index is 0.0105. The number of methoxy groups -OCH3 is 1. The molecule has 1 aromatic heterocycles. The van der Waals surface area contributed by atoms with Gasteiger partial charge in [-0.1, -0.05) is 0 Å². The second-order valence-corrected chi connectivity index (χ2v) is 5.15. The molecule has 0 saturated carbocycles. The van der Waals surface area contributed by atoms with Gasteiger partial charge in [0.05, 0.1) is 12.8 Å². The van der Waals surface area contributed by atoms with Gasteiger partial charge in [-0.15, -0.1) is 11.3 Å². The zero-order valence-corrected chi connectivity index (χ0v) is 11.7. The number of hydrogen-bond acceptors (Lipinski definition) is 5. The highest BCUT2D eigenvalue weighted by Crippen LogP contribution is 2.32. The summed E-state index contributed by atoms with van der Waals surface area (Å²) in [5.41, 5.74) is 2.38. The van der Waals surface area contributed by atoms with Gasteiger partial charge in [0.25, 0.3) is 5.91 Å². The highest BCUT2D eigenvalue weighted by atomic mass is 32.1. The van der Waals surface area contributed by atoms with Crippen LogP contribution >= 0.6 is 11.3 Å². The smallest absolute Gasteiger partial charge is 0.415 e. The number of halogens is 3. The Morgan fingerprint density at radius 3 is 2.40 bits per heavy atom. The van der Waals surface area contributed by atoms with Crippen molar-refractivity contribution >= 4 is 28.9 Å². The van der Waals surface area contributed by atoms with E-state index in [1.54, 1.807) is 6.92 Å². The van der Waals surface area contributed by atoms with E-state index in [2.05, 4.69) is 4.74 Å². The summed E-state index contributed by atoms with van der Waals surface area (Å²) in [5.74, 6) is -2.19. The summed E-state index contributed by atoms with van der Waals surface area (Å²) in [6.07, 6.45) is -4.91. The van der Waals surface area contributed by atoms with Crippen LogP contribution in [-0.4, -0.2) is 30.7 Å². The SMILES string of the molecule is COC(=O)c1scc(C)c1NC(=O)C(C)(N)C(F)(F)F. The van der Waals surface area contributed by atoms with Crippen LogP contribution in [0.5, 0.6) is 0 Å². The zero-order valence-electron chi connectivity index (χ0n) is 10.9. The lowest BCUT2D eigenvalue weighted by Crippen LogP contribution is -2.59. The number of rotatable bonds is 3. The Bertz CT molecular complexity index is 538. The normalized spacial score (nSPS) is 14.6. The predicted molar refractivity (Wildman–Crippen MR) is 67.7 cm³/mol. The number of nitrogens with two attached hydrogens (primary N) is 1. The Morgan fingerprint density at radius 1 is 1.40 bits per heavy atom. The molecular weight excluding hydrogens is 297 g/mol. The maximum atomic E-state index is 12.7. The Hall–Kier alpha value is -1.61. The third kappa shape index (κ3) is 2.93. The maximum Gasteiger partial charge on any atom is 0.415 e. The summed E-state index contributed by atoms with van der Waals surface area (Å²) in [6, 6.07) is 0. The molecule has 20 heavy (non-hydrogen) atoms. The molecule has 1 heterocycles. The van der Waals surface area contributed by atoms with E-state index in [-0.39, 0.29) is 10.6 Å². The van der Waals surface area contributed by atoms with Crippen molar-refractivity contribution in [1.29, 1.82) is 0 Å². The van der Waals surface area contributed by atoms with Crippen LogP contribution in [0.15, 0.2) is 5.38 Å². The average Bonchev–Trinajstić information content (AvgIpc) is 2.68. The fraction of sp³-hybridized carbons (Fsp3) is 0.455. The molecule has 0 aliphatic heterocycles. The van der Waals surface area contributed by atoms with Crippen LogP contribution in [0.3, 0.4) is 0 Å². The molecule has 112 valence electrons. The molecule has 1 amide bonds. The van der Waals surface area contributed by atoms with E-state index in [1.165, 1.54) is 5.38 Å². The summed E-state index contributed by atoms with van der Waals surface area (Å²) in [7, 11) is 1.13. The first-order valence-electron chi connectivity index (χ1n) is 5.35. The van der Waals surface area contributed by atoms with E-state index in [0.717, 1.165) is 18.4 Å². The number of nitrogens with one attached hydrogen (secondary N) is 1. The minimum atomic E-state index is -4.91. The lowest BCUT2D eigenvalue weighted by molar-refractivity contribution is -0.184. The molecule has 1 atom stereocenters. The van der Waals surface area contributed by atoms with Crippen LogP contribution in [0.4, 0.5) is 18.9 Å². The van der Waals surface area contributed by atoms with Gasteiger partial charge >= 0.3 is 12.1 Å². The molecule has 0 spiro atoms. The van der Waals surface area contributed by atoms with Gasteiger partial charge < -0.3 is 15.8 Å². The molecule has 0 aliphatic rings. The van der Waals surface area contributed by atoms with Gasteiger partial charge in [-0.25, -0.2) is 4.79 Å². The van der Waals surface area contributed by atoms with Crippen molar-refractivity contribution in [3.05, 3.63) is 15.8 Å². The van der Waals surface area contributed by atoms with E-state index in [1.807, 2.05) is 5.32 Å². The fourth-order valence-electron chi connectivity index (χ4n) is 1.21. The molecule has 0 saturated heterocycles. The van der Waals surface area contributed by atoms with Gasteiger partial charge in [-0.3, -0.25) is 4.79 Å². The van der Waals surface area contributed by atoms with Gasteiger partial charge in [0, 0.05) is 0 Å². The molecule has 1 aromatic rings. The number of anilines is 1. The predicted octanol–water partition coefficient (Wildman–Crippen LogP) is 2.06. The molecule has 5 nitrogen and oxygen atoms in total. The van der Waals surface area contributed by atoms with Gasteiger partial charge in [0.15, 0.2) is 5.54 Å². The number of esters is 1. The number of aryl methyl sites for hydroxylation is 1. The Balaban J connectivity index is 3.09. The van der Waals surface area contributed by atoms with E-state index in [4.69, 9.17) is 5.73 Å². The third-order valence-corrected chi connectivity index (χ3v) is 3.72. The van der Waals surface area contributed by atoms with Crippen molar-refractivity contribution in [3.8, 4) is 0 Å². The topological polar surface area (TPSA) is 81.4 Å². The number of alkyl halides is 3. The second kappa shape index (κ2) is 5.41. The van der Waals surface area contributed by atoms with Crippen LogP contribution in [0.25, 0.3) is 0 Å². The Kier molecular flexibility index (Phi) is 4.45. The largest absolute Gasteiger partial charge is 0.465 e. The number of amides is 1. The van der Waals surface area contributed by atoms with Gasteiger partial charge in [-0.05, 0) is 24.8 Å². The quantitative estimate of drug-likeness (QED) is 0.837. The lowest BCUT2D eigenvalue weighted by Gasteiger charge is -2.26. The van der Waals surface area contributed by atoms with Crippen LogP contribution in [0.1, 0.15) is 22.2 Å². The Morgan fingerprint density at radius 2 is 1.95 bits per heavy atom. The van der Waals surface area contributed by atoms with Crippen LogP contribution in [0, 0.1) is 6.92 Å². The molecular formula is C11H13F3N2O3S. The van der Waals surface area contributed by atoms with Crippen LogP contribution in [-0.2, 0) is 9.53 Å². The number of ether oxygens (including phenoxy) is 1. The summed E-state index contributed by atoms with van der Waals surface area (Å²) in [6.45, 7) is 2.10. The number of carbonyl (C=O) groups is 2.